The second kappa shape index (κ2) is 6.58. The minimum atomic E-state index is -5.34. The number of rotatable bonds is 3. The zero-order valence-electron chi connectivity index (χ0n) is 13.7. The number of alkyl halides is 3. The van der Waals surface area contributed by atoms with Crippen LogP contribution in [0.2, 0.25) is 0 Å². The third-order valence-electron chi connectivity index (χ3n) is 4.42. The van der Waals surface area contributed by atoms with Crippen molar-refractivity contribution in [2.75, 3.05) is 0 Å². The SMILES string of the molecule is O=C1NC(c2ccccc2O)C(C(=O)c2ccccc2)C(O)(C(F)(F)F)N1. The number of ketones is 1. The van der Waals surface area contributed by atoms with Crippen molar-refractivity contribution in [3.8, 4) is 5.75 Å². The smallest absolute Gasteiger partial charge is 0.437 e. The molecule has 1 heterocycles. The fourth-order valence-electron chi connectivity index (χ4n) is 3.13. The van der Waals surface area contributed by atoms with Gasteiger partial charge in [-0.1, -0.05) is 48.5 Å². The maximum absolute atomic E-state index is 13.7. The molecule has 1 aliphatic rings. The van der Waals surface area contributed by atoms with Crippen LogP contribution in [-0.4, -0.2) is 33.9 Å². The number of aromatic hydroxyl groups is 1. The molecule has 2 aromatic carbocycles. The number of nitrogens with one attached hydrogen (secondary N) is 2. The van der Waals surface area contributed by atoms with E-state index in [0.717, 1.165) is 0 Å². The van der Waals surface area contributed by atoms with Gasteiger partial charge in [0.05, 0.1) is 6.04 Å². The van der Waals surface area contributed by atoms with Gasteiger partial charge in [0.1, 0.15) is 11.7 Å². The minimum Gasteiger partial charge on any atom is -0.508 e. The average molecular weight is 380 g/mol. The number of Topliss-reactive ketones (excluding diaryl/α,β-unsaturated/α-hetero) is 1. The predicted molar refractivity (Wildman–Crippen MR) is 87.8 cm³/mol. The lowest BCUT2D eigenvalue weighted by Crippen LogP contribution is -2.72. The first-order valence-electron chi connectivity index (χ1n) is 7.90. The van der Waals surface area contributed by atoms with Crippen LogP contribution in [0.25, 0.3) is 0 Å². The van der Waals surface area contributed by atoms with E-state index >= 15 is 0 Å². The largest absolute Gasteiger partial charge is 0.508 e. The summed E-state index contributed by atoms with van der Waals surface area (Å²) < 4.78 is 41.1. The molecule has 2 aromatic rings. The van der Waals surface area contributed by atoms with Crippen LogP contribution in [0, 0.1) is 5.92 Å². The number of carbonyl (C=O) groups is 2. The third-order valence-corrected chi connectivity index (χ3v) is 4.42. The lowest BCUT2D eigenvalue weighted by atomic mass is 9.77. The maximum atomic E-state index is 13.7. The average Bonchev–Trinajstić information content (AvgIpc) is 2.61. The summed E-state index contributed by atoms with van der Waals surface area (Å²) in [5, 5.41) is 24.1. The highest BCUT2D eigenvalue weighted by Gasteiger charge is 2.66. The van der Waals surface area contributed by atoms with Crippen molar-refractivity contribution in [1.29, 1.82) is 0 Å². The van der Waals surface area contributed by atoms with E-state index in [0.29, 0.717) is 0 Å². The molecule has 0 spiro atoms. The molecule has 27 heavy (non-hydrogen) atoms. The summed E-state index contributed by atoms with van der Waals surface area (Å²) in [5.74, 6) is -3.64. The summed E-state index contributed by atoms with van der Waals surface area (Å²) in [4.78, 5) is 24.8. The zero-order chi connectivity index (χ0) is 19.8. The third kappa shape index (κ3) is 3.21. The van der Waals surface area contributed by atoms with Gasteiger partial charge in [-0.15, -0.1) is 0 Å². The molecule has 0 aromatic heterocycles. The Labute approximate surface area is 151 Å². The van der Waals surface area contributed by atoms with Gasteiger partial charge in [-0.05, 0) is 6.07 Å². The highest BCUT2D eigenvalue weighted by atomic mass is 19.4. The van der Waals surface area contributed by atoms with Crippen LogP contribution in [-0.2, 0) is 0 Å². The first-order valence-corrected chi connectivity index (χ1v) is 7.90. The van der Waals surface area contributed by atoms with Gasteiger partial charge < -0.3 is 20.8 Å². The van der Waals surface area contributed by atoms with Gasteiger partial charge in [0, 0.05) is 11.1 Å². The van der Waals surface area contributed by atoms with Crippen molar-refractivity contribution >= 4 is 11.8 Å². The Kier molecular flexibility index (Phi) is 4.56. The van der Waals surface area contributed by atoms with Gasteiger partial charge in [0.25, 0.3) is 0 Å². The second-order valence-corrected chi connectivity index (χ2v) is 6.11. The standard InChI is InChI=1S/C18H15F3N2O4/c19-18(20,21)17(27)13(15(25)10-6-2-1-3-7-10)14(22-16(26)23-17)11-8-4-5-9-12(11)24/h1-9,13-14,24,27H,(H2,22,23,26). The molecule has 0 aliphatic carbocycles. The number of amides is 2. The van der Waals surface area contributed by atoms with E-state index in [1.54, 1.807) is 6.07 Å². The molecule has 2 amide bonds. The van der Waals surface area contributed by atoms with E-state index in [4.69, 9.17) is 0 Å². The van der Waals surface area contributed by atoms with E-state index in [2.05, 4.69) is 5.32 Å². The monoisotopic (exact) mass is 380 g/mol. The molecule has 1 aliphatic heterocycles. The maximum Gasteiger partial charge on any atom is 0.437 e. The van der Waals surface area contributed by atoms with E-state index in [9.17, 15) is 33.0 Å². The first-order chi connectivity index (χ1) is 12.6. The quantitative estimate of drug-likeness (QED) is 0.615. The van der Waals surface area contributed by atoms with Gasteiger partial charge in [0.15, 0.2) is 5.78 Å². The van der Waals surface area contributed by atoms with Crippen molar-refractivity contribution in [2.45, 2.75) is 17.9 Å². The Balaban J connectivity index is 2.19. The van der Waals surface area contributed by atoms with E-state index in [-0.39, 0.29) is 11.1 Å². The predicted octanol–water partition coefficient (Wildman–Crippen LogP) is 2.50. The molecule has 4 N–H and O–H groups in total. The lowest BCUT2D eigenvalue weighted by Gasteiger charge is -2.45. The highest BCUT2D eigenvalue weighted by Crippen LogP contribution is 2.45. The second-order valence-electron chi connectivity index (χ2n) is 6.11. The van der Waals surface area contributed by atoms with E-state index in [1.165, 1.54) is 53.8 Å². The Bertz CT molecular complexity index is 872. The molecule has 1 saturated heterocycles. The molecule has 3 unspecified atom stereocenters. The van der Waals surface area contributed by atoms with E-state index < -0.39 is 41.4 Å². The number of benzene rings is 2. The molecular weight excluding hydrogens is 365 g/mol. The highest BCUT2D eigenvalue weighted by molar-refractivity contribution is 6.00. The number of urea groups is 1. The van der Waals surface area contributed by atoms with Gasteiger partial charge >= 0.3 is 12.2 Å². The van der Waals surface area contributed by atoms with Crippen molar-refractivity contribution in [3.05, 3.63) is 65.7 Å². The number of phenols is 1. The summed E-state index contributed by atoms with van der Waals surface area (Å²) in [5.41, 5.74) is -4.03. The van der Waals surface area contributed by atoms with Crippen LogP contribution >= 0.6 is 0 Å². The topological polar surface area (TPSA) is 98.7 Å². The van der Waals surface area contributed by atoms with Crippen LogP contribution in [0.15, 0.2) is 54.6 Å². The molecule has 0 bridgehead atoms. The number of para-hydroxylation sites is 1. The summed E-state index contributed by atoms with van der Waals surface area (Å²) in [6, 6.07) is 9.52. The normalized spacial score (nSPS) is 25.4. The Morgan fingerprint density at radius 2 is 1.63 bits per heavy atom. The summed E-state index contributed by atoms with van der Waals surface area (Å²) in [6.07, 6.45) is -5.34. The number of hydrogen-bond acceptors (Lipinski definition) is 4. The molecule has 0 radical (unpaired) electrons. The van der Waals surface area contributed by atoms with Crippen LogP contribution in [0.5, 0.6) is 5.75 Å². The van der Waals surface area contributed by atoms with Gasteiger partial charge in [-0.2, -0.15) is 13.2 Å². The minimum absolute atomic E-state index is 0.0801. The van der Waals surface area contributed by atoms with Crippen molar-refractivity contribution in [2.24, 2.45) is 5.92 Å². The molecule has 3 rings (SSSR count). The van der Waals surface area contributed by atoms with Gasteiger partial charge in [-0.25, -0.2) is 4.79 Å². The molecule has 142 valence electrons. The Morgan fingerprint density at radius 3 is 2.22 bits per heavy atom. The van der Waals surface area contributed by atoms with Gasteiger partial charge in [0.2, 0.25) is 5.72 Å². The lowest BCUT2D eigenvalue weighted by molar-refractivity contribution is -0.287. The molecule has 1 fully saturated rings. The number of aliphatic hydroxyl groups is 1. The molecular formula is C18H15F3N2O4. The van der Waals surface area contributed by atoms with Crippen LogP contribution in [0.4, 0.5) is 18.0 Å². The van der Waals surface area contributed by atoms with Crippen LogP contribution in [0.3, 0.4) is 0 Å². The van der Waals surface area contributed by atoms with Crippen molar-refractivity contribution in [3.63, 3.8) is 0 Å². The van der Waals surface area contributed by atoms with Gasteiger partial charge in [-0.3, -0.25) is 4.79 Å². The number of halogens is 3. The molecule has 9 heteroatoms. The number of carbonyl (C=O) groups excluding carboxylic acids is 2. The van der Waals surface area contributed by atoms with Crippen molar-refractivity contribution < 1.29 is 33.0 Å². The fourth-order valence-corrected chi connectivity index (χ4v) is 3.13. The molecule has 6 nitrogen and oxygen atoms in total. The number of hydrogen-bond donors (Lipinski definition) is 4. The Hall–Kier alpha value is -3.07. The molecule has 3 atom stereocenters. The Morgan fingerprint density at radius 1 is 1.04 bits per heavy atom. The summed E-state index contributed by atoms with van der Waals surface area (Å²) >= 11 is 0. The van der Waals surface area contributed by atoms with Crippen LogP contribution in [0.1, 0.15) is 22.0 Å². The summed E-state index contributed by atoms with van der Waals surface area (Å²) in [7, 11) is 0. The zero-order valence-corrected chi connectivity index (χ0v) is 13.7. The fraction of sp³-hybridized carbons (Fsp3) is 0.222. The first kappa shape index (κ1) is 18.7. The van der Waals surface area contributed by atoms with Crippen LogP contribution < -0.4 is 10.6 Å². The number of phenolic OH excluding ortho intramolecular Hbond substituents is 1. The van der Waals surface area contributed by atoms with E-state index in [1.807, 2.05) is 0 Å². The summed E-state index contributed by atoms with van der Waals surface area (Å²) in [6.45, 7) is 0. The molecule has 0 saturated carbocycles. The van der Waals surface area contributed by atoms with Crippen molar-refractivity contribution in [1.82, 2.24) is 10.6 Å².